The second-order valence-corrected chi connectivity index (χ2v) is 4.64. The van der Waals surface area contributed by atoms with Gasteiger partial charge in [-0.1, -0.05) is 19.1 Å². The van der Waals surface area contributed by atoms with Gasteiger partial charge >= 0.3 is 0 Å². The molecule has 4 nitrogen and oxygen atoms in total. The van der Waals surface area contributed by atoms with E-state index >= 15 is 0 Å². The molecule has 0 aliphatic carbocycles. The molecule has 0 aromatic heterocycles. The lowest BCUT2D eigenvalue weighted by Crippen LogP contribution is -2.27. The second-order valence-electron chi connectivity index (χ2n) is 4.64. The molecule has 1 aliphatic heterocycles. The van der Waals surface area contributed by atoms with Crippen LogP contribution in [-0.2, 0) is 11.2 Å². The summed E-state index contributed by atoms with van der Waals surface area (Å²) in [5, 5.41) is 3.37. The zero-order valence-electron chi connectivity index (χ0n) is 10.7. The van der Waals surface area contributed by atoms with Gasteiger partial charge in [-0.05, 0) is 30.2 Å². The Bertz CT molecular complexity index is 432. The van der Waals surface area contributed by atoms with E-state index in [4.69, 9.17) is 10.5 Å². The quantitative estimate of drug-likeness (QED) is 0.802. The van der Waals surface area contributed by atoms with Crippen molar-refractivity contribution in [3.05, 3.63) is 29.3 Å². The molecular formula is C14H20N2O2. The zero-order chi connectivity index (χ0) is 13.0. The number of ether oxygens (including phenoxy) is 1. The lowest BCUT2D eigenvalue weighted by atomic mass is 10.00. The van der Waals surface area contributed by atoms with E-state index < -0.39 is 0 Å². The Morgan fingerprint density at radius 3 is 3.11 bits per heavy atom. The van der Waals surface area contributed by atoms with E-state index in [0.29, 0.717) is 6.42 Å². The van der Waals surface area contributed by atoms with E-state index in [0.717, 1.165) is 37.3 Å². The average Bonchev–Trinajstić information content (AvgIpc) is 2.81. The first-order valence-corrected chi connectivity index (χ1v) is 6.48. The third-order valence-corrected chi connectivity index (χ3v) is 3.16. The van der Waals surface area contributed by atoms with E-state index in [-0.39, 0.29) is 11.9 Å². The van der Waals surface area contributed by atoms with Gasteiger partial charge < -0.3 is 15.8 Å². The molecule has 0 bridgehead atoms. The Balaban J connectivity index is 2.15. The van der Waals surface area contributed by atoms with Crippen molar-refractivity contribution in [2.75, 3.05) is 13.2 Å². The van der Waals surface area contributed by atoms with E-state index in [2.05, 4.69) is 18.3 Å². The van der Waals surface area contributed by atoms with E-state index in [9.17, 15) is 4.79 Å². The third kappa shape index (κ3) is 3.01. The Hall–Kier alpha value is -1.55. The fraction of sp³-hybridized carbons (Fsp3) is 0.500. The van der Waals surface area contributed by atoms with Gasteiger partial charge in [0.1, 0.15) is 5.75 Å². The van der Waals surface area contributed by atoms with Crippen LogP contribution in [0, 0.1) is 0 Å². The molecule has 1 unspecified atom stereocenters. The van der Waals surface area contributed by atoms with Crippen LogP contribution >= 0.6 is 0 Å². The van der Waals surface area contributed by atoms with Crippen molar-refractivity contribution in [2.45, 2.75) is 32.2 Å². The molecule has 0 radical (unpaired) electrons. The van der Waals surface area contributed by atoms with Gasteiger partial charge in [0, 0.05) is 18.9 Å². The molecule has 1 aliphatic rings. The Labute approximate surface area is 108 Å². The first-order valence-electron chi connectivity index (χ1n) is 6.48. The topological polar surface area (TPSA) is 64.3 Å². The van der Waals surface area contributed by atoms with Gasteiger partial charge in [0.05, 0.1) is 6.61 Å². The smallest absolute Gasteiger partial charge is 0.219 e. The summed E-state index contributed by atoms with van der Waals surface area (Å²) in [6.07, 6.45) is 2.31. The largest absolute Gasteiger partial charge is 0.493 e. The number of primary amides is 1. The number of amides is 1. The number of fused-ring (bicyclic) bond motifs is 1. The maximum absolute atomic E-state index is 11.1. The molecule has 1 atom stereocenters. The van der Waals surface area contributed by atoms with Crippen molar-refractivity contribution < 1.29 is 9.53 Å². The van der Waals surface area contributed by atoms with Crippen molar-refractivity contribution in [3.8, 4) is 5.75 Å². The zero-order valence-corrected chi connectivity index (χ0v) is 10.7. The summed E-state index contributed by atoms with van der Waals surface area (Å²) in [4.78, 5) is 11.1. The van der Waals surface area contributed by atoms with Crippen molar-refractivity contribution >= 4 is 5.91 Å². The molecule has 0 saturated heterocycles. The lowest BCUT2D eigenvalue weighted by Gasteiger charge is -2.18. The van der Waals surface area contributed by atoms with Gasteiger partial charge in [0.25, 0.3) is 0 Å². The van der Waals surface area contributed by atoms with Crippen LogP contribution < -0.4 is 15.8 Å². The van der Waals surface area contributed by atoms with E-state index in [1.54, 1.807) is 0 Å². The molecule has 1 amide bonds. The highest BCUT2D eigenvalue weighted by Gasteiger charge is 2.18. The minimum atomic E-state index is -0.277. The molecule has 18 heavy (non-hydrogen) atoms. The molecule has 1 aromatic rings. The van der Waals surface area contributed by atoms with Crippen LogP contribution in [0.1, 0.15) is 36.9 Å². The number of nitrogens with one attached hydrogen (secondary N) is 1. The highest BCUT2D eigenvalue weighted by Crippen LogP contribution is 2.29. The van der Waals surface area contributed by atoms with Gasteiger partial charge in [0.2, 0.25) is 5.91 Å². The van der Waals surface area contributed by atoms with Crippen LogP contribution in [0.2, 0.25) is 0 Å². The first-order chi connectivity index (χ1) is 8.70. The molecule has 3 N–H and O–H groups in total. The fourth-order valence-electron chi connectivity index (χ4n) is 2.25. The third-order valence-electron chi connectivity index (χ3n) is 3.16. The van der Waals surface area contributed by atoms with Crippen LogP contribution in [0.4, 0.5) is 0 Å². The van der Waals surface area contributed by atoms with Gasteiger partial charge in [-0.2, -0.15) is 0 Å². The summed E-state index contributed by atoms with van der Waals surface area (Å²) in [6.45, 7) is 3.73. The normalized spacial score (nSPS) is 14.9. The maximum Gasteiger partial charge on any atom is 0.219 e. The summed E-state index contributed by atoms with van der Waals surface area (Å²) in [7, 11) is 0. The Kier molecular flexibility index (Phi) is 4.20. The van der Waals surface area contributed by atoms with Gasteiger partial charge in [-0.15, -0.1) is 0 Å². The van der Waals surface area contributed by atoms with Crippen LogP contribution in [-0.4, -0.2) is 19.1 Å². The monoisotopic (exact) mass is 248 g/mol. The number of hydrogen-bond acceptors (Lipinski definition) is 3. The number of rotatable bonds is 6. The molecule has 0 fully saturated rings. The van der Waals surface area contributed by atoms with Gasteiger partial charge in [-0.25, -0.2) is 0 Å². The van der Waals surface area contributed by atoms with Crippen LogP contribution in [0.15, 0.2) is 18.2 Å². The van der Waals surface area contributed by atoms with Crippen LogP contribution in [0.3, 0.4) is 0 Å². The molecule has 98 valence electrons. The lowest BCUT2D eigenvalue weighted by molar-refractivity contribution is -0.118. The van der Waals surface area contributed by atoms with Crippen LogP contribution in [0.5, 0.6) is 5.75 Å². The summed E-state index contributed by atoms with van der Waals surface area (Å²) < 4.78 is 5.48. The molecule has 1 heterocycles. The molecule has 0 spiro atoms. The molecular weight excluding hydrogens is 228 g/mol. The van der Waals surface area contributed by atoms with Crippen molar-refractivity contribution in [1.82, 2.24) is 5.32 Å². The Morgan fingerprint density at radius 2 is 2.39 bits per heavy atom. The summed E-state index contributed by atoms with van der Waals surface area (Å²) in [6, 6.07) is 6.13. The summed E-state index contributed by atoms with van der Waals surface area (Å²) >= 11 is 0. The molecule has 2 rings (SSSR count). The minimum Gasteiger partial charge on any atom is -0.493 e. The number of hydrogen-bond donors (Lipinski definition) is 2. The van der Waals surface area contributed by atoms with Gasteiger partial charge in [-0.3, -0.25) is 4.79 Å². The van der Waals surface area contributed by atoms with Crippen molar-refractivity contribution in [3.63, 3.8) is 0 Å². The summed E-state index contributed by atoms with van der Waals surface area (Å²) in [5.74, 6) is 0.687. The maximum atomic E-state index is 11.1. The van der Waals surface area contributed by atoms with Gasteiger partial charge in [0.15, 0.2) is 0 Å². The predicted octanol–water partition coefficient (Wildman–Crippen LogP) is 1.54. The first kappa shape index (κ1) is 12.9. The van der Waals surface area contributed by atoms with Crippen molar-refractivity contribution in [2.24, 2.45) is 5.73 Å². The van der Waals surface area contributed by atoms with E-state index in [1.807, 2.05) is 12.1 Å². The number of benzene rings is 1. The molecule has 1 aromatic carbocycles. The second kappa shape index (κ2) is 5.87. The van der Waals surface area contributed by atoms with E-state index in [1.165, 1.54) is 5.56 Å². The minimum absolute atomic E-state index is 0.00773. The predicted molar refractivity (Wildman–Crippen MR) is 70.5 cm³/mol. The number of carbonyl (C=O) groups is 1. The number of carbonyl (C=O) groups excluding carboxylic acids is 1. The average molecular weight is 248 g/mol. The molecule has 0 saturated carbocycles. The summed E-state index contributed by atoms with van der Waals surface area (Å²) in [5.41, 5.74) is 7.65. The standard InChI is InChI=1S/C14H20N2O2/c1-2-6-16-12(9-14(15)17)10-3-4-13-11(8-10)5-7-18-13/h3-4,8,12,16H,2,5-7,9H2,1H3,(H2,15,17). The highest BCUT2D eigenvalue weighted by molar-refractivity contribution is 5.74. The fourth-order valence-corrected chi connectivity index (χ4v) is 2.25. The van der Waals surface area contributed by atoms with Crippen LogP contribution in [0.25, 0.3) is 0 Å². The molecule has 4 heteroatoms. The Morgan fingerprint density at radius 1 is 1.56 bits per heavy atom. The number of nitrogens with two attached hydrogens (primary N) is 1. The SMILES string of the molecule is CCCNC(CC(N)=O)c1ccc2c(c1)CCO2. The highest BCUT2D eigenvalue weighted by atomic mass is 16.5. The van der Waals surface area contributed by atoms with Crippen molar-refractivity contribution in [1.29, 1.82) is 0 Å².